The molecule has 0 heterocycles. The predicted molar refractivity (Wildman–Crippen MR) is 86.1 cm³/mol. The highest BCUT2D eigenvalue weighted by atomic mass is 19.4. The number of hydrogen-bond donors (Lipinski definition) is 1. The first-order chi connectivity index (χ1) is 11.2. The molecule has 0 aromatic heterocycles. The first-order valence-electron chi connectivity index (χ1n) is 7.25. The van der Waals surface area contributed by atoms with E-state index in [0.717, 1.165) is 11.1 Å². The molecule has 0 fully saturated rings. The fourth-order valence-corrected chi connectivity index (χ4v) is 2.06. The van der Waals surface area contributed by atoms with Gasteiger partial charge in [0, 0.05) is 11.1 Å². The van der Waals surface area contributed by atoms with Crippen molar-refractivity contribution in [2.45, 2.75) is 25.6 Å². The Hall–Kier alpha value is -2.74. The molecule has 0 unspecified atom stereocenters. The molecule has 2 rings (SSSR count). The number of hydrogen-bond acceptors (Lipinski definition) is 1. The molecule has 2 aromatic rings. The molecule has 124 valence electrons. The lowest BCUT2D eigenvalue weighted by Gasteiger charge is -2.27. The SMILES string of the molecule is CC(C)(NC(=O)C(F)(F)F)c1ccc(C#Cc2ccccc2)cc1. The van der Waals surface area contributed by atoms with Crippen molar-refractivity contribution in [1.29, 1.82) is 0 Å². The van der Waals surface area contributed by atoms with Crippen LogP contribution in [0.4, 0.5) is 13.2 Å². The zero-order valence-electron chi connectivity index (χ0n) is 13.2. The molecule has 0 saturated heterocycles. The second kappa shape index (κ2) is 6.79. The van der Waals surface area contributed by atoms with E-state index >= 15 is 0 Å². The molecule has 0 saturated carbocycles. The standard InChI is InChI=1S/C19H16F3NO/c1-18(2,23-17(24)19(20,21)22)16-12-10-15(11-13-16)9-8-14-6-4-3-5-7-14/h3-7,10-13H,1-2H3,(H,23,24). The summed E-state index contributed by atoms with van der Waals surface area (Å²) in [6.45, 7) is 3.03. The highest BCUT2D eigenvalue weighted by Gasteiger charge is 2.41. The van der Waals surface area contributed by atoms with Crippen LogP contribution < -0.4 is 5.32 Å². The van der Waals surface area contributed by atoms with Gasteiger partial charge in [-0.2, -0.15) is 13.2 Å². The van der Waals surface area contributed by atoms with Crippen LogP contribution in [0.2, 0.25) is 0 Å². The minimum atomic E-state index is -4.90. The summed E-state index contributed by atoms with van der Waals surface area (Å²) in [4.78, 5) is 11.1. The molecule has 5 heteroatoms. The summed E-state index contributed by atoms with van der Waals surface area (Å²) in [6.07, 6.45) is -4.90. The Bertz CT molecular complexity index is 766. The van der Waals surface area contributed by atoms with Crippen molar-refractivity contribution in [3.8, 4) is 11.8 Å². The lowest BCUT2D eigenvalue weighted by molar-refractivity contribution is -0.175. The molecule has 1 N–H and O–H groups in total. The third-order valence-electron chi connectivity index (χ3n) is 3.42. The number of halogens is 3. The first kappa shape index (κ1) is 17.6. The van der Waals surface area contributed by atoms with Gasteiger partial charge in [0.2, 0.25) is 0 Å². The molecule has 0 spiro atoms. The largest absolute Gasteiger partial charge is 0.471 e. The van der Waals surface area contributed by atoms with E-state index in [1.54, 1.807) is 24.3 Å². The van der Waals surface area contributed by atoms with Gasteiger partial charge in [0.05, 0.1) is 5.54 Å². The summed E-state index contributed by atoms with van der Waals surface area (Å²) in [5.74, 6) is 4.03. The van der Waals surface area contributed by atoms with Gasteiger partial charge < -0.3 is 5.32 Å². The number of benzene rings is 2. The fraction of sp³-hybridized carbons (Fsp3) is 0.211. The van der Waals surface area contributed by atoms with E-state index in [0.29, 0.717) is 5.56 Å². The molecule has 1 amide bonds. The van der Waals surface area contributed by atoms with Crippen LogP contribution in [0, 0.1) is 11.8 Å². The topological polar surface area (TPSA) is 29.1 Å². The Morgan fingerprint density at radius 2 is 1.38 bits per heavy atom. The maximum atomic E-state index is 12.4. The lowest BCUT2D eigenvalue weighted by Crippen LogP contribution is -2.47. The van der Waals surface area contributed by atoms with E-state index in [1.807, 2.05) is 35.6 Å². The van der Waals surface area contributed by atoms with Crippen LogP contribution >= 0.6 is 0 Å². The van der Waals surface area contributed by atoms with Crippen molar-refractivity contribution in [3.63, 3.8) is 0 Å². The quantitative estimate of drug-likeness (QED) is 0.828. The van der Waals surface area contributed by atoms with Gasteiger partial charge in [-0.15, -0.1) is 0 Å². The fourth-order valence-electron chi connectivity index (χ4n) is 2.06. The van der Waals surface area contributed by atoms with Crippen LogP contribution in [0.5, 0.6) is 0 Å². The molecule has 0 radical (unpaired) electrons. The molecule has 0 aliphatic carbocycles. The monoisotopic (exact) mass is 331 g/mol. The summed E-state index contributed by atoms with van der Waals surface area (Å²) in [6, 6.07) is 16.2. The molecule has 0 bridgehead atoms. The van der Waals surface area contributed by atoms with Crippen LogP contribution in [0.1, 0.15) is 30.5 Å². The van der Waals surface area contributed by atoms with Gasteiger partial charge in [0.1, 0.15) is 0 Å². The first-order valence-corrected chi connectivity index (χ1v) is 7.25. The molecule has 2 aromatic carbocycles. The molecule has 0 aliphatic rings. The summed E-state index contributed by atoms with van der Waals surface area (Å²) >= 11 is 0. The van der Waals surface area contributed by atoms with Crippen molar-refractivity contribution in [2.75, 3.05) is 0 Å². The van der Waals surface area contributed by atoms with Crippen molar-refractivity contribution >= 4 is 5.91 Å². The van der Waals surface area contributed by atoms with E-state index < -0.39 is 17.6 Å². The Morgan fingerprint density at radius 3 is 1.88 bits per heavy atom. The molecular formula is C19H16F3NO. The van der Waals surface area contributed by atoms with E-state index in [-0.39, 0.29) is 0 Å². The molecule has 24 heavy (non-hydrogen) atoms. The van der Waals surface area contributed by atoms with Crippen LogP contribution in [-0.2, 0) is 10.3 Å². The van der Waals surface area contributed by atoms with E-state index in [1.165, 1.54) is 13.8 Å². The van der Waals surface area contributed by atoms with Gasteiger partial charge >= 0.3 is 12.1 Å². The molecule has 0 atom stereocenters. The van der Waals surface area contributed by atoms with Gasteiger partial charge in [0.15, 0.2) is 0 Å². The van der Waals surface area contributed by atoms with Crippen LogP contribution in [0.15, 0.2) is 54.6 Å². The van der Waals surface area contributed by atoms with Crippen molar-refractivity contribution < 1.29 is 18.0 Å². The second-order valence-electron chi connectivity index (χ2n) is 5.77. The Balaban J connectivity index is 2.14. The zero-order valence-corrected chi connectivity index (χ0v) is 13.2. The molecular weight excluding hydrogens is 315 g/mol. The normalized spacial score (nSPS) is 11.4. The maximum absolute atomic E-state index is 12.4. The Morgan fingerprint density at radius 1 is 0.875 bits per heavy atom. The van der Waals surface area contributed by atoms with Crippen LogP contribution in [-0.4, -0.2) is 12.1 Å². The number of amides is 1. The van der Waals surface area contributed by atoms with Gasteiger partial charge in [-0.1, -0.05) is 42.2 Å². The Kier molecular flexibility index (Phi) is 4.99. The van der Waals surface area contributed by atoms with Crippen LogP contribution in [0.25, 0.3) is 0 Å². The van der Waals surface area contributed by atoms with Crippen molar-refractivity contribution in [2.24, 2.45) is 0 Å². The number of rotatable bonds is 2. The lowest BCUT2D eigenvalue weighted by atomic mass is 9.93. The summed E-state index contributed by atoms with van der Waals surface area (Å²) in [7, 11) is 0. The number of carbonyl (C=O) groups is 1. The Labute approximate surface area is 138 Å². The second-order valence-corrected chi connectivity index (χ2v) is 5.77. The average Bonchev–Trinajstić information content (AvgIpc) is 2.53. The minimum Gasteiger partial charge on any atom is -0.339 e. The highest BCUT2D eigenvalue weighted by molar-refractivity contribution is 5.82. The van der Waals surface area contributed by atoms with Gasteiger partial charge in [-0.05, 0) is 43.7 Å². The third-order valence-corrected chi connectivity index (χ3v) is 3.42. The molecule has 0 aliphatic heterocycles. The maximum Gasteiger partial charge on any atom is 0.471 e. The zero-order chi connectivity index (χ0) is 17.8. The average molecular weight is 331 g/mol. The van der Waals surface area contributed by atoms with Crippen LogP contribution in [0.3, 0.4) is 0 Å². The van der Waals surface area contributed by atoms with Gasteiger partial charge in [-0.25, -0.2) is 0 Å². The number of alkyl halides is 3. The predicted octanol–water partition coefficient (Wildman–Crippen LogP) is 4.00. The van der Waals surface area contributed by atoms with Crippen molar-refractivity contribution in [3.05, 3.63) is 71.3 Å². The summed E-state index contributed by atoms with van der Waals surface area (Å²) in [5.41, 5.74) is 1.03. The number of carbonyl (C=O) groups excluding carboxylic acids is 1. The van der Waals surface area contributed by atoms with Gasteiger partial charge in [0.25, 0.3) is 0 Å². The number of nitrogens with one attached hydrogen (secondary N) is 1. The highest BCUT2D eigenvalue weighted by Crippen LogP contribution is 2.23. The summed E-state index contributed by atoms with van der Waals surface area (Å²) < 4.78 is 37.2. The van der Waals surface area contributed by atoms with Gasteiger partial charge in [-0.3, -0.25) is 4.79 Å². The van der Waals surface area contributed by atoms with E-state index in [9.17, 15) is 18.0 Å². The minimum absolute atomic E-state index is 0.561. The van der Waals surface area contributed by atoms with Crippen molar-refractivity contribution in [1.82, 2.24) is 5.32 Å². The summed E-state index contributed by atoms with van der Waals surface area (Å²) in [5, 5.41) is 1.99. The third kappa shape index (κ3) is 4.63. The smallest absolute Gasteiger partial charge is 0.339 e. The molecule has 2 nitrogen and oxygen atoms in total. The van der Waals surface area contributed by atoms with E-state index in [2.05, 4.69) is 11.8 Å². The van der Waals surface area contributed by atoms with E-state index in [4.69, 9.17) is 0 Å².